The number of nitrogens with one attached hydrogen (secondary N) is 2. The van der Waals surface area contributed by atoms with E-state index in [4.69, 9.17) is 4.74 Å². The molecule has 0 bridgehead atoms. The summed E-state index contributed by atoms with van der Waals surface area (Å²) in [6.07, 6.45) is 3.18. The lowest BCUT2D eigenvalue weighted by atomic mass is 9.96. The minimum atomic E-state index is -0.287. The van der Waals surface area contributed by atoms with E-state index in [0.29, 0.717) is 48.2 Å². The van der Waals surface area contributed by atoms with Crippen LogP contribution in [0.2, 0.25) is 0 Å². The standard InChI is InChI=1S/C23H25N5O3/c1-2-31-21-11-4-3-10-18(21)25-22(29)16-8-7-13-28(15-16)23(30)20-14-19(26-27-20)17-9-5-6-12-24-17/h3-6,9-12,14,16H,2,7-8,13,15H2,1H3,(H,25,29)(H,26,27)/t16-/m1/s1. The maximum atomic E-state index is 13.0. The predicted molar refractivity (Wildman–Crippen MR) is 117 cm³/mol. The van der Waals surface area contributed by atoms with E-state index in [2.05, 4.69) is 20.5 Å². The number of para-hydroxylation sites is 2. The molecule has 1 aromatic carbocycles. The zero-order chi connectivity index (χ0) is 21.6. The number of nitrogens with zero attached hydrogens (tertiary/aromatic N) is 3. The number of benzene rings is 1. The van der Waals surface area contributed by atoms with Crippen molar-refractivity contribution in [3.05, 3.63) is 60.4 Å². The molecule has 3 aromatic rings. The van der Waals surface area contributed by atoms with Gasteiger partial charge >= 0.3 is 0 Å². The van der Waals surface area contributed by atoms with Crippen LogP contribution in [-0.2, 0) is 4.79 Å². The van der Waals surface area contributed by atoms with Crippen LogP contribution in [0.15, 0.2) is 54.7 Å². The highest BCUT2D eigenvalue weighted by atomic mass is 16.5. The number of hydrogen-bond donors (Lipinski definition) is 2. The number of carbonyl (C=O) groups excluding carboxylic acids is 2. The van der Waals surface area contributed by atoms with Gasteiger partial charge in [-0.2, -0.15) is 5.10 Å². The van der Waals surface area contributed by atoms with Crippen LogP contribution < -0.4 is 10.1 Å². The molecule has 8 nitrogen and oxygen atoms in total. The molecule has 0 radical (unpaired) electrons. The van der Waals surface area contributed by atoms with E-state index in [1.165, 1.54) is 0 Å². The predicted octanol–water partition coefficient (Wildman–Crippen LogP) is 3.36. The number of rotatable bonds is 6. The number of anilines is 1. The number of piperidine rings is 1. The number of hydrogen-bond acceptors (Lipinski definition) is 5. The lowest BCUT2D eigenvalue weighted by Gasteiger charge is -2.31. The summed E-state index contributed by atoms with van der Waals surface area (Å²) < 4.78 is 5.59. The van der Waals surface area contributed by atoms with Gasteiger partial charge in [0.05, 0.1) is 23.9 Å². The van der Waals surface area contributed by atoms with E-state index in [1.807, 2.05) is 49.4 Å². The average Bonchev–Trinajstić information content (AvgIpc) is 3.31. The molecule has 1 aliphatic heterocycles. The second kappa shape index (κ2) is 9.42. The Morgan fingerprint density at radius 2 is 2.03 bits per heavy atom. The normalized spacial score (nSPS) is 16.0. The fraction of sp³-hybridized carbons (Fsp3) is 0.304. The summed E-state index contributed by atoms with van der Waals surface area (Å²) in [6, 6.07) is 14.6. The van der Waals surface area contributed by atoms with E-state index in [-0.39, 0.29) is 17.7 Å². The first-order chi connectivity index (χ1) is 15.2. The van der Waals surface area contributed by atoms with Crippen molar-refractivity contribution in [1.82, 2.24) is 20.1 Å². The Balaban J connectivity index is 1.42. The zero-order valence-electron chi connectivity index (χ0n) is 17.4. The summed E-state index contributed by atoms with van der Waals surface area (Å²) in [5.41, 5.74) is 2.35. The number of likely N-dealkylation sites (tertiary alicyclic amines) is 1. The van der Waals surface area contributed by atoms with Gasteiger partial charge in [0.15, 0.2) is 0 Å². The van der Waals surface area contributed by atoms with Crippen molar-refractivity contribution < 1.29 is 14.3 Å². The van der Waals surface area contributed by atoms with Gasteiger partial charge in [-0.3, -0.25) is 19.7 Å². The van der Waals surface area contributed by atoms with Crippen molar-refractivity contribution in [2.45, 2.75) is 19.8 Å². The number of amides is 2. The summed E-state index contributed by atoms with van der Waals surface area (Å²) >= 11 is 0. The number of carbonyl (C=O) groups is 2. The van der Waals surface area contributed by atoms with Crippen LogP contribution in [0.5, 0.6) is 5.75 Å². The summed E-state index contributed by atoms with van der Waals surface area (Å²) in [6.45, 7) is 3.39. The third-order valence-corrected chi connectivity index (χ3v) is 5.26. The molecule has 1 fully saturated rings. The Bertz CT molecular complexity index is 1050. The van der Waals surface area contributed by atoms with Gasteiger partial charge < -0.3 is 15.0 Å². The topological polar surface area (TPSA) is 100 Å². The number of aromatic amines is 1. The second-order valence-corrected chi connectivity index (χ2v) is 7.39. The molecule has 0 unspecified atom stereocenters. The summed E-state index contributed by atoms with van der Waals surface area (Å²) in [5.74, 6) is 0.0810. The fourth-order valence-corrected chi connectivity index (χ4v) is 3.71. The molecular weight excluding hydrogens is 394 g/mol. The zero-order valence-corrected chi connectivity index (χ0v) is 17.4. The van der Waals surface area contributed by atoms with E-state index in [9.17, 15) is 9.59 Å². The first-order valence-electron chi connectivity index (χ1n) is 10.4. The van der Waals surface area contributed by atoms with Gasteiger partial charge in [0.2, 0.25) is 5.91 Å². The van der Waals surface area contributed by atoms with Gasteiger partial charge in [0.1, 0.15) is 17.1 Å². The van der Waals surface area contributed by atoms with Gasteiger partial charge in [-0.05, 0) is 50.1 Å². The third-order valence-electron chi connectivity index (χ3n) is 5.26. The Morgan fingerprint density at radius 1 is 1.19 bits per heavy atom. The maximum Gasteiger partial charge on any atom is 0.271 e. The number of ether oxygens (including phenoxy) is 1. The van der Waals surface area contributed by atoms with Crippen molar-refractivity contribution in [2.24, 2.45) is 5.92 Å². The molecule has 2 aromatic heterocycles. The molecule has 0 aliphatic carbocycles. The Morgan fingerprint density at radius 3 is 2.84 bits per heavy atom. The van der Waals surface area contributed by atoms with Crippen LogP contribution in [0.1, 0.15) is 30.3 Å². The van der Waals surface area contributed by atoms with Gasteiger partial charge in [0.25, 0.3) is 5.91 Å². The van der Waals surface area contributed by atoms with Crippen molar-refractivity contribution in [3.63, 3.8) is 0 Å². The Hall–Kier alpha value is -3.68. The van der Waals surface area contributed by atoms with Crippen molar-refractivity contribution in [3.8, 4) is 17.1 Å². The first kappa shape index (κ1) is 20.6. The highest BCUT2D eigenvalue weighted by molar-refractivity contribution is 5.96. The van der Waals surface area contributed by atoms with Gasteiger partial charge in [-0.25, -0.2) is 0 Å². The van der Waals surface area contributed by atoms with Crippen LogP contribution in [0, 0.1) is 5.92 Å². The van der Waals surface area contributed by atoms with E-state index in [1.54, 1.807) is 17.2 Å². The lowest BCUT2D eigenvalue weighted by Crippen LogP contribution is -2.43. The smallest absolute Gasteiger partial charge is 0.271 e. The van der Waals surface area contributed by atoms with E-state index < -0.39 is 0 Å². The average molecular weight is 419 g/mol. The molecule has 1 atom stereocenters. The lowest BCUT2D eigenvalue weighted by molar-refractivity contribution is -0.121. The van der Waals surface area contributed by atoms with Gasteiger partial charge in [0, 0.05) is 19.3 Å². The number of H-pyrrole nitrogens is 1. The highest BCUT2D eigenvalue weighted by Gasteiger charge is 2.30. The number of aromatic nitrogens is 3. The van der Waals surface area contributed by atoms with E-state index in [0.717, 1.165) is 12.8 Å². The Kier molecular flexibility index (Phi) is 6.26. The van der Waals surface area contributed by atoms with Crippen LogP contribution in [-0.4, -0.2) is 51.6 Å². The summed E-state index contributed by atoms with van der Waals surface area (Å²) in [4.78, 5) is 31.8. The molecule has 31 heavy (non-hydrogen) atoms. The highest BCUT2D eigenvalue weighted by Crippen LogP contribution is 2.26. The van der Waals surface area contributed by atoms with Crippen molar-refractivity contribution in [1.29, 1.82) is 0 Å². The molecule has 1 saturated heterocycles. The maximum absolute atomic E-state index is 13.0. The molecule has 8 heteroatoms. The molecule has 4 rings (SSSR count). The van der Waals surface area contributed by atoms with Crippen molar-refractivity contribution in [2.75, 3.05) is 25.0 Å². The first-order valence-corrected chi connectivity index (χ1v) is 10.4. The number of pyridine rings is 1. The minimum Gasteiger partial charge on any atom is -0.492 e. The summed E-state index contributed by atoms with van der Waals surface area (Å²) in [7, 11) is 0. The molecule has 2 N–H and O–H groups in total. The van der Waals surface area contributed by atoms with Crippen LogP contribution in [0.4, 0.5) is 5.69 Å². The largest absolute Gasteiger partial charge is 0.492 e. The second-order valence-electron chi connectivity index (χ2n) is 7.39. The quantitative estimate of drug-likeness (QED) is 0.638. The van der Waals surface area contributed by atoms with Crippen LogP contribution in [0.25, 0.3) is 11.4 Å². The molecule has 0 spiro atoms. The SMILES string of the molecule is CCOc1ccccc1NC(=O)[C@@H]1CCCN(C(=O)c2cc(-c3ccccn3)n[nH]2)C1. The summed E-state index contributed by atoms with van der Waals surface area (Å²) in [5, 5.41) is 9.98. The molecule has 160 valence electrons. The van der Waals surface area contributed by atoms with Crippen molar-refractivity contribution >= 4 is 17.5 Å². The van der Waals surface area contributed by atoms with Gasteiger partial charge in [-0.1, -0.05) is 18.2 Å². The minimum absolute atomic E-state index is 0.108. The molecule has 0 saturated carbocycles. The monoisotopic (exact) mass is 419 g/mol. The Labute approximate surface area is 180 Å². The van der Waals surface area contributed by atoms with E-state index >= 15 is 0 Å². The van der Waals surface area contributed by atoms with Gasteiger partial charge in [-0.15, -0.1) is 0 Å². The third kappa shape index (κ3) is 4.74. The molecule has 3 heterocycles. The molecule has 2 amide bonds. The molecule has 1 aliphatic rings. The van der Waals surface area contributed by atoms with Crippen LogP contribution in [0.3, 0.4) is 0 Å². The van der Waals surface area contributed by atoms with Crippen LogP contribution >= 0.6 is 0 Å². The fourth-order valence-electron chi connectivity index (χ4n) is 3.71. The molecular formula is C23H25N5O3.